The van der Waals surface area contributed by atoms with Crippen LogP contribution < -0.4 is 5.73 Å². The lowest BCUT2D eigenvalue weighted by molar-refractivity contribution is 0.0945. The van der Waals surface area contributed by atoms with Gasteiger partial charge in [-0.3, -0.25) is 4.79 Å². The number of rotatable bonds is 1. The van der Waals surface area contributed by atoms with E-state index in [-0.39, 0.29) is 11.9 Å². The number of carbonyl (C=O) groups excluding carboxylic acids is 1. The van der Waals surface area contributed by atoms with Gasteiger partial charge in [0, 0.05) is 0 Å². The largest absolute Gasteiger partial charge is 0.366 e. The Morgan fingerprint density at radius 1 is 1.40 bits per heavy atom. The SMILES string of the molecule is Nc1ncn(C(=O)c2ccccc2Cl)n1. The normalized spacial score (nSPS) is 10.2. The van der Waals surface area contributed by atoms with Crippen molar-refractivity contribution >= 4 is 23.5 Å². The summed E-state index contributed by atoms with van der Waals surface area (Å²) in [4.78, 5) is 15.5. The van der Waals surface area contributed by atoms with E-state index in [9.17, 15) is 4.79 Å². The van der Waals surface area contributed by atoms with Gasteiger partial charge in [0.2, 0.25) is 5.95 Å². The summed E-state index contributed by atoms with van der Waals surface area (Å²) in [6.45, 7) is 0. The van der Waals surface area contributed by atoms with Gasteiger partial charge in [0.1, 0.15) is 6.33 Å². The minimum Gasteiger partial charge on any atom is -0.366 e. The molecule has 0 aliphatic rings. The van der Waals surface area contributed by atoms with Crippen molar-refractivity contribution in [3.05, 3.63) is 41.2 Å². The minimum atomic E-state index is -0.357. The number of nitrogens with two attached hydrogens (primary N) is 1. The van der Waals surface area contributed by atoms with Crippen molar-refractivity contribution in [3.8, 4) is 0 Å². The van der Waals surface area contributed by atoms with Crippen LogP contribution in [0.1, 0.15) is 10.4 Å². The summed E-state index contributed by atoms with van der Waals surface area (Å²) in [6.07, 6.45) is 1.25. The monoisotopic (exact) mass is 222 g/mol. The topological polar surface area (TPSA) is 73.8 Å². The zero-order valence-corrected chi connectivity index (χ0v) is 8.35. The van der Waals surface area contributed by atoms with Crippen molar-refractivity contribution in [2.45, 2.75) is 0 Å². The molecule has 2 N–H and O–H groups in total. The summed E-state index contributed by atoms with van der Waals surface area (Å²) in [5.41, 5.74) is 5.67. The summed E-state index contributed by atoms with van der Waals surface area (Å²) in [5.74, 6) is -0.305. The van der Waals surface area contributed by atoms with E-state index < -0.39 is 0 Å². The Morgan fingerprint density at radius 2 is 2.13 bits per heavy atom. The number of nitrogens with zero attached hydrogens (tertiary/aromatic N) is 3. The molecule has 15 heavy (non-hydrogen) atoms. The lowest BCUT2D eigenvalue weighted by Crippen LogP contribution is -2.13. The first kappa shape index (κ1) is 9.67. The molecule has 0 spiro atoms. The third kappa shape index (κ3) is 1.82. The third-order valence-corrected chi connectivity index (χ3v) is 2.15. The number of hydrogen-bond acceptors (Lipinski definition) is 4. The number of benzene rings is 1. The number of carbonyl (C=O) groups is 1. The molecule has 0 bridgehead atoms. The fraction of sp³-hybridized carbons (Fsp3) is 0. The first-order chi connectivity index (χ1) is 7.18. The molecule has 0 saturated carbocycles. The van der Waals surface area contributed by atoms with Crippen LogP contribution in [0.4, 0.5) is 5.95 Å². The van der Waals surface area contributed by atoms with E-state index in [1.54, 1.807) is 24.3 Å². The van der Waals surface area contributed by atoms with E-state index in [0.29, 0.717) is 10.6 Å². The Bertz CT molecular complexity index is 508. The maximum absolute atomic E-state index is 11.8. The quantitative estimate of drug-likeness (QED) is 0.787. The molecule has 5 nitrogen and oxygen atoms in total. The maximum Gasteiger partial charge on any atom is 0.281 e. The predicted molar refractivity (Wildman–Crippen MR) is 55.6 cm³/mol. The fourth-order valence-corrected chi connectivity index (χ4v) is 1.35. The molecular weight excluding hydrogens is 216 g/mol. The third-order valence-electron chi connectivity index (χ3n) is 1.82. The number of nitrogen functional groups attached to an aromatic ring is 1. The van der Waals surface area contributed by atoms with E-state index in [4.69, 9.17) is 17.3 Å². The first-order valence-electron chi connectivity index (χ1n) is 4.15. The van der Waals surface area contributed by atoms with Crippen molar-refractivity contribution in [2.75, 3.05) is 5.73 Å². The molecule has 1 heterocycles. The Balaban J connectivity index is 2.41. The van der Waals surface area contributed by atoms with Gasteiger partial charge in [0.05, 0.1) is 10.6 Å². The lowest BCUT2D eigenvalue weighted by atomic mass is 10.2. The fourth-order valence-electron chi connectivity index (χ4n) is 1.13. The molecule has 1 aromatic carbocycles. The van der Waals surface area contributed by atoms with Crippen LogP contribution in [0.25, 0.3) is 0 Å². The van der Waals surface area contributed by atoms with Gasteiger partial charge < -0.3 is 5.73 Å². The Hall–Kier alpha value is -1.88. The molecule has 0 aliphatic heterocycles. The molecule has 0 fully saturated rings. The van der Waals surface area contributed by atoms with E-state index in [1.807, 2.05) is 0 Å². The van der Waals surface area contributed by atoms with Crippen molar-refractivity contribution < 1.29 is 4.79 Å². The minimum absolute atomic E-state index is 0.0513. The van der Waals surface area contributed by atoms with E-state index in [2.05, 4.69) is 10.1 Å². The van der Waals surface area contributed by atoms with Gasteiger partial charge in [0.25, 0.3) is 5.91 Å². The highest BCUT2D eigenvalue weighted by atomic mass is 35.5. The van der Waals surface area contributed by atoms with Gasteiger partial charge >= 0.3 is 0 Å². The molecular formula is C9H7ClN4O. The van der Waals surface area contributed by atoms with Crippen LogP contribution in [0.15, 0.2) is 30.6 Å². The molecule has 0 amide bonds. The van der Waals surface area contributed by atoms with Crippen LogP contribution in [0.3, 0.4) is 0 Å². The number of halogens is 1. The van der Waals surface area contributed by atoms with Crippen molar-refractivity contribution in [2.24, 2.45) is 0 Å². The molecule has 0 unspecified atom stereocenters. The van der Waals surface area contributed by atoms with Crippen LogP contribution in [0.5, 0.6) is 0 Å². The Morgan fingerprint density at radius 3 is 2.73 bits per heavy atom. The van der Waals surface area contributed by atoms with Crippen LogP contribution in [0.2, 0.25) is 5.02 Å². The van der Waals surface area contributed by atoms with Gasteiger partial charge in [-0.25, -0.2) is 4.98 Å². The van der Waals surface area contributed by atoms with E-state index >= 15 is 0 Å². The van der Waals surface area contributed by atoms with Crippen molar-refractivity contribution in [1.29, 1.82) is 0 Å². The second-order valence-corrected chi connectivity index (χ2v) is 3.24. The van der Waals surface area contributed by atoms with Gasteiger partial charge in [-0.2, -0.15) is 4.68 Å². The average Bonchev–Trinajstić information content (AvgIpc) is 2.65. The molecule has 0 radical (unpaired) electrons. The van der Waals surface area contributed by atoms with Gasteiger partial charge in [-0.1, -0.05) is 23.7 Å². The molecule has 2 aromatic rings. The highest BCUT2D eigenvalue weighted by Gasteiger charge is 2.12. The Kier molecular flexibility index (Phi) is 2.39. The standard InChI is InChI=1S/C9H7ClN4O/c10-7-4-2-1-3-6(7)8(15)14-5-12-9(11)13-14/h1-5H,(H2,11,13). The second-order valence-electron chi connectivity index (χ2n) is 2.83. The van der Waals surface area contributed by atoms with E-state index in [0.717, 1.165) is 4.68 Å². The molecule has 76 valence electrons. The summed E-state index contributed by atoms with van der Waals surface area (Å²) >= 11 is 5.86. The molecule has 0 saturated heterocycles. The summed E-state index contributed by atoms with van der Waals surface area (Å²) in [6, 6.07) is 6.71. The molecule has 0 aliphatic carbocycles. The second kappa shape index (κ2) is 3.70. The van der Waals surface area contributed by atoms with Gasteiger partial charge in [-0.05, 0) is 12.1 Å². The summed E-state index contributed by atoms with van der Waals surface area (Å²) in [7, 11) is 0. The number of hydrogen-bond donors (Lipinski definition) is 1. The zero-order valence-electron chi connectivity index (χ0n) is 7.59. The average molecular weight is 223 g/mol. The van der Waals surface area contributed by atoms with Crippen molar-refractivity contribution in [1.82, 2.24) is 14.8 Å². The summed E-state index contributed by atoms with van der Waals surface area (Å²) < 4.78 is 1.05. The molecule has 1 aromatic heterocycles. The maximum atomic E-state index is 11.8. The van der Waals surface area contributed by atoms with Crippen LogP contribution in [-0.4, -0.2) is 20.7 Å². The van der Waals surface area contributed by atoms with E-state index in [1.165, 1.54) is 6.33 Å². The molecule has 6 heteroatoms. The molecule has 0 atom stereocenters. The zero-order chi connectivity index (χ0) is 10.8. The lowest BCUT2D eigenvalue weighted by Gasteiger charge is -2.01. The van der Waals surface area contributed by atoms with Crippen molar-refractivity contribution in [3.63, 3.8) is 0 Å². The first-order valence-corrected chi connectivity index (χ1v) is 4.52. The van der Waals surface area contributed by atoms with Crippen LogP contribution >= 0.6 is 11.6 Å². The predicted octanol–water partition coefficient (Wildman–Crippen LogP) is 1.20. The van der Waals surface area contributed by atoms with Gasteiger partial charge in [0.15, 0.2) is 0 Å². The highest BCUT2D eigenvalue weighted by Crippen LogP contribution is 2.15. The smallest absolute Gasteiger partial charge is 0.281 e. The molecule has 2 rings (SSSR count). The Labute approximate surface area is 90.5 Å². The van der Waals surface area contributed by atoms with Crippen LogP contribution in [-0.2, 0) is 0 Å². The highest BCUT2D eigenvalue weighted by molar-refractivity contribution is 6.33. The number of aromatic nitrogens is 3. The van der Waals surface area contributed by atoms with Gasteiger partial charge in [-0.15, -0.1) is 5.10 Å². The summed E-state index contributed by atoms with van der Waals surface area (Å²) in [5, 5.41) is 4.08. The number of anilines is 1. The van der Waals surface area contributed by atoms with Crippen LogP contribution in [0, 0.1) is 0 Å².